The van der Waals surface area contributed by atoms with Gasteiger partial charge in [0.1, 0.15) is 0 Å². The van der Waals surface area contributed by atoms with E-state index < -0.39 is 0 Å². The van der Waals surface area contributed by atoms with Gasteiger partial charge in [-0.05, 0) is 36.4 Å². The Balaban J connectivity index is 1.73. The summed E-state index contributed by atoms with van der Waals surface area (Å²) in [6.45, 7) is 0.658. The largest absolute Gasteiger partial charge is 0.353 e. The van der Waals surface area contributed by atoms with Gasteiger partial charge in [0.15, 0.2) is 0 Å². The van der Waals surface area contributed by atoms with Crippen LogP contribution in [0.5, 0.6) is 0 Å². The highest BCUT2D eigenvalue weighted by atomic mass is 16.1. The van der Waals surface area contributed by atoms with E-state index in [1.807, 2.05) is 36.4 Å². The monoisotopic (exact) mass is 322 g/mol. The topological polar surface area (TPSA) is 55.1 Å². The van der Waals surface area contributed by atoms with Crippen molar-refractivity contribution in [3.8, 4) is 0 Å². The number of hydrogen-bond donors (Lipinski definition) is 2. The van der Waals surface area contributed by atoms with Crippen LogP contribution in [0, 0.1) is 5.92 Å². The van der Waals surface area contributed by atoms with E-state index in [0.717, 1.165) is 19.3 Å². The molecule has 1 aliphatic rings. The SMILES string of the molecule is NCC1CCCC1NC(=O)CC(c1ccccc1)c1ccccc1. The van der Waals surface area contributed by atoms with Crippen LogP contribution in [0.3, 0.4) is 0 Å². The molecule has 2 aromatic carbocycles. The van der Waals surface area contributed by atoms with Crippen LogP contribution in [-0.4, -0.2) is 18.5 Å². The van der Waals surface area contributed by atoms with Crippen molar-refractivity contribution in [3.05, 3.63) is 71.8 Å². The van der Waals surface area contributed by atoms with E-state index in [9.17, 15) is 4.79 Å². The van der Waals surface area contributed by atoms with E-state index in [0.29, 0.717) is 18.9 Å². The van der Waals surface area contributed by atoms with Gasteiger partial charge in [-0.3, -0.25) is 4.79 Å². The number of amides is 1. The number of carbonyl (C=O) groups is 1. The standard InChI is InChI=1S/C21H26N2O/c22-15-18-12-7-13-20(18)23-21(24)14-19(16-8-3-1-4-9-16)17-10-5-2-6-11-17/h1-6,8-11,18-20H,7,12-15,22H2,(H,23,24). The average Bonchev–Trinajstić information content (AvgIpc) is 3.08. The molecule has 2 unspecified atom stereocenters. The Kier molecular flexibility index (Phi) is 5.65. The fraction of sp³-hybridized carbons (Fsp3) is 0.381. The van der Waals surface area contributed by atoms with Crippen molar-refractivity contribution in [1.82, 2.24) is 5.32 Å². The first kappa shape index (κ1) is 16.7. The molecule has 0 saturated heterocycles. The second-order valence-corrected chi connectivity index (χ2v) is 6.68. The first-order valence-corrected chi connectivity index (χ1v) is 8.87. The van der Waals surface area contributed by atoms with Gasteiger partial charge in [0.25, 0.3) is 0 Å². The van der Waals surface area contributed by atoms with E-state index in [1.54, 1.807) is 0 Å². The minimum atomic E-state index is 0.0881. The number of nitrogens with one attached hydrogen (secondary N) is 1. The van der Waals surface area contributed by atoms with E-state index in [2.05, 4.69) is 29.6 Å². The van der Waals surface area contributed by atoms with Crippen molar-refractivity contribution in [3.63, 3.8) is 0 Å². The van der Waals surface area contributed by atoms with E-state index >= 15 is 0 Å². The number of rotatable bonds is 6. The number of hydrogen-bond acceptors (Lipinski definition) is 2. The molecule has 2 aromatic rings. The molecule has 1 amide bonds. The molecule has 1 fully saturated rings. The van der Waals surface area contributed by atoms with Crippen LogP contribution in [0.2, 0.25) is 0 Å². The Labute approximate surface area is 144 Å². The molecule has 3 heteroatoms. The van der Waals surface area contributed by atoms with Crippen LogP contribution in [-0.2, 0) is 4.79 Å². The zero-order chi connectivity index (χ0) is 16.8. The van der Waals surface area contributed by atoms with Gasteiger partial charge in [0, 0.05) is 18.4 Å². The van der Waals surface area contributed by atoms with Crippen molar-refractivity contribution >= 4 is 5.91 Å². The molecule has 126 valence electrons. The van der Waals surface area contributed by atoms with Crippen molar-refractivity contribution in [1.29, 1.82) is 0 Å². The third-order valence-electron chi connectivity index (χ3n) is 5.10. The van der Waals surface area contributed by atoms with E-state index in [4.69, 9.17) is 5.73 Å². The molecule has 1 saturated carbocycles. The van der Waals surface area contributed by atoms with Gasteiger partial charge in [-0.15, -0.1) is 0 Å². The highest BCUT2D eigenvalue weighted by Gasteiger charge is 2.28. The maximum Gasteiger partial charge on any atom is 0.221 e. The molecule has 1 aliphatic carbocycles. The molecular weight excluding hydrogens is 296 g/mol. The highest BCUT2D eigenvalue weighted by Crippen LogP contribution is 2.29. The average molecular weight is 322 g/mol. The van der Waals surface area contributed by atoms with Crippen LogP contribution in [0.4, 0.5) is 0 Å². The third kappa shape index (κ3) is 4.04. The lowest BCUT2D eigenvalue weighted by atomic mass is 9.88. The Bertz CT molecular complexity index is 602. The van der Waals surface area contributed by atoms with Gasteiger partial charge in [-0.1, -0.05) is 67.1 Å². The molecule has 3 rings (SSSR count). The van der Waals surface area contributed by atoms with Crippen LogP contribution >= 0.6 is 0 Å². The lowest BCUT2D eigenvalue weighted by Crippen LogP contribution is -2.40. The number of carbonyl (C=O) groups excluding carboxylic acids is 1. The molecule has 0 radical (unpaired) electrons. The van der Waals surface area contributed by atoms with Gasteiger partial charge in [0.2, 0.25) is 5.91 Å². The summed E-state index contributed by atoms with van der Waals surface area (Å²) in [5.41, 5.74) is 8.19. The Morgan fingerprint density at radius 3 is 2.12 bits per heavy atom. The van der Waals surface area contributed by atoms with Gasteiger partial charge in [-0.25, -0.2) is 0 Å². The van der Waals surface area contributed by atoms with Crippen molar-refractivity contribution in [2.45, 2.75) is 37.6 Å². The number of nitrogens with two attached hydrogens (primary N) is 1. The quantitative estimate of drug-likeness (QED) is 0.856. The summed E-state index contributed by atoms with van der Waals surface area (Å²) in [5, 5.41) is 3.23. The van der Waals surface area contributed by atoms with Crippen molar-refractivity contribution in [2.75, 3.05) is 6.54 Å². The summed E-state index contributed by atoms with van der Waals surface area (Å²) in [5.74, 6) is 0.643. The van der Waals surface area contributed by atoms with Crippen LogP contribution in [0.15, 0.2) is 60.7 Å². The molecule has 0 heterocycles. The maximum absolute atomic E-state index is 12.7. The normalized spacial score (nSPS) is 20.2. The smallest absolute Gasteiger partial charge is 0.221 e. The Hall–Kier alpha value is -2.13. The fourth-order valence-electron chi connectivity index (χ4n) is 3.76. The zero-order valence-corrected chi connectivity index (χ0v) is 14.0. The summed E-state index contributed by atoms with van der Waals surface area (Å²) in [6.07, 6.45) is 3.81. The van der Waals surface area contributed by atoms with Gasteiger partial charge in [0.05, 0.1) is 0 Å². The fourth-order valence-corrected chi connectivity index (χ4v) is 3.76. The van der Waals surface area contributed by atoms with E-state index in [-0.39, 0.29) is 17.9 Å². The molecule has 0 aliphatic heterocycles. The van der Waals surface area contributed by atoms with Crippen LogP contribution < -0.4 is 11.1 Å². The number of benzene rings is 2. The predicted octanol–water partition coefficient (Wildman–Crippen LogP) is 3.45. The summed E-state index contributed by atoms with van der Waals surface area (Å²) in [4.78, 5) is 12.7. The van der Waals surface area contributed by atoms with Gasteiger partial charge < -0.3 is 11.1 Å². The minimum absolute atomic E-state index is 0.0881. The first-order chi connectivity index (χ1) is 11.8. The summed E-state index contributed by atoms with van der Waals surface area (Å²) < 4.78 is 0. The molecule has 3 N–H and O–H groups in total. The summed E-state index contributed by atoms with van der Waals surface area (Å²) in [7, 11) is 0. The lowest BCUT2D eigenvalue weighted by molar-refractivity contribution is -0.122. The summed E-state index contributed by atoms with van der Waals surface area (Å²) in [6, 6.07) is 20.8. The highest BCUT2D eigenvalue weighted by molar-refractivity contribution is 5.78. The first-order valence-electron chi connectivity index (χ1n) is 8.87. The zero-order valence-electron chi connectivity index (χ0n) is 14.0. The van der Waals surface area contributed by atoms with Crippen molar-refractivity contribution < 1.29 is 4.79 Å². The van der Waals surface area contributed by atoms with Crippen LogP contribution in [0.25, 0.3) is 0 Å². The third-order valence-corrected chi connectivity index (χ3v) is 5.10. The second-order valence-electron chi connectivity index (χ2n) is 6.68. The van der Waals surface area contributed by atoms with Crippen LogP contribution in [0.1, 0.15) is 42.7 Å². The minimum Gasteiger partial charge on any atom is -0.353 e. The Morgan fingerprint density at radius 1 is 1.00 bits per heavy atom. The molecule has 3 nitrogen and oxygen atoms in total. The molecule has 24 heavy (non-hydrogen) atoms. The molecule has 0 spiro atoms. The van der Waals surface area contributed by atoms with E-state index in [1.165, 1.54) is 11.1 Å². The lowest BCUT2D eigenvalue weighted by Gasteiger charge is -2.22. The Morgan fingerprint density at radius 2 is 1.58 bits per heavy atom. The molecule has 0 bridgehead atoms. The van der Waals surface area contributed by atoms with Gasteiger partial charge in [-0.2, -0.15) is 0 Å². The molecule has 0 aromatic heterocycles. The summed E-state index contributed by atoms with van der Waals surface area (Å²) >= 11 is 0. The maximum atomic E-state index is 12.7. The second kappa shape index (κ2) is 8.11. The predicted molar refractivity (Wildman–Crippen MR) is 97.7 cm³/mol. The molecule has 2 atom stereocenters. The van der Waals surface area contributed by atoms with Crippen molar-refractivity contribution in [2.24, 2.45) is 11.7 Å². The molecular formula is C21H26N2O. The van der Waals surface area contributed by atoms with Gasteiger partial charge >= 0.3 is 0 Å².